The molecule has 0 spiro atoms. The molecule has 0 bridgehead atoms. The third kappa shape index (κ3) is 1.47. The van der Waals surface area contributed by atoms with Crippen molar-refractivity contribution in [3.8, 4) is 0 Å². The molecule has 1 aromatic rings. The Morgan fingerprint density at radius 2 is 2.07 bits per heavy atom. The first-order valence-corrected chi connectivity index (χ1v) is 4.27. The largest absolute Gasteiger partial charge is 0.481 e. The maximum Gasteiger partial charge on any atom is 0.307 e. The first kappa shape index (κ1) is 9.12. The Morgan fingerprint density at radius 3 is 2.57 bits per heavy atom. The zero-order valence-corrected chi connectivity index (χ0v) is 7.21. The van der Waals surface area contributed by atoms with E-state index in [1.165, 1.54) is 6.07 Å². The Kier molecular flexibility index (Phi) is 1.98. The fraction of sp³-hybridized carbons (Fsp3) is 0.300. The zero-order valence-electron chi connectivity index (χ0n) is 7.21. The van der Waals surface area contributed by atoms with Gasteiger partial charge in [-0.15, -0.1) is 0 Å². The van der Waals surface area contributed by atoms with Gasteiger partial charge in [0.15, 0.2) is 11.6 Å². The van der Waals surface area contributed by atoms with Crippen molar-refractivity contribution >= 4 is 5.97 Å². The number of hydrogen-bond donors (Lipinski definition) is 1. The van der Waals surface area contributed by atoms with Gasteiger partial charge in [-0.3, -0.25) is 4.79 Å². The number of benzene rings is 1. The minimum Gasteiger partial charge on any atom is -0.481 e. The molecule has 0 aromatic heterocycles. The van der Waals surface area contributed by atoms with Gasteiger partial charge < -0.3 is 5.11 Å². The van der Waals surface area contributed by atoms with Gasteiger partial charge in [-0.25, -0.2) is 8.78 Å². The summed E-state index contributed by atoms with van der Waals surface area (Å²) in [6.07, 6.45) is 0.514. The van der Waals surface area contributed by atoms with Crippen LogP contribution in [0.25, 0.3) is 0 Å². The predicted octanol–water partition coefficient (Wildman–Crippen LogP) is 2.15. The van der Waals surface area contributed by atoms with Crippen LogP contribution in [-0.2, 0) is 4.79 Å². The van der Waals surface area contributed by atoms with Crippen molar-refractivity contribution in [1.29, 1.82) is 0 Å². The fourth-order valence-corrected chi connectivity index (χ4v) is 1.58. The molecule has 0 unspecified atom stereocenters. The highest BCUT2D eigenvalue weighted by Crippen LogP contribution is 2.47. The molecular weight excluding hydrogens is 190 g/mol. The van der Waals surface area contributed by atoms with E-state index in [1.807, 2.05) is 0 Å². The van der Waals surface area contributed by atoms with Crippen LogP contribution in [0.4, 0.5) is 8.78 Å². The van der Waals surface area contributed by atoms with Gasteiger partial charge in [-0.05, 0) is 30.0 Å². The Bertz CT molecular complexity index is 390. The number of rotatable bonds is 2. The van der Waals surface area contributed by atoms with Crippen LogP contribution < -0.4 is 0 Å². The summed E-state index contributed by atoms with van der Waals surface area (Å²) in [6, 6.07) is 3.54. The maximum absolute atomic E-state index is 12.8. The first-order valence-electron chi connectivity index (χ1n) is 4.27. The van der Waals surface area contributed by atoms with E-state index < -0.39 is 23.5 Å². The minimum atomic E-state index is -0.918. The van der Waals surface area contributed by atoms with E-state index in [4.69, 9.17) is 5.11 Å². The standard InChI is InChI=1S/C10H8F2O2/c11-8-2-1-5(3-9(8)12)6-4-7(6)10(13)14/h1-3,6-7H,4H2,(H,13,14)/t6-,7-/m1/s1. The highest BCUT2D eigenvalue weighted by Gasteiger charge is 2.44. The molecular formula is C10H8F2O2. The molecule has 0 amide bonds. The van der Waals surface area contributed by atoms with Crippen LogP contribution in [-0.4, -0.2) is 11.1 Å². The van der Waals surface area contributed by atoms with Gasteiger partial charge in [0.25, 0.3) is 0 Å². The Hall–Kier alpha value is -1.45. The van der Waals surface area contributed by atoms with Crippen molar-refractivity contribution < 1.29 is 18.7 Å². The molecule has 1 saturated carbocycles. The Labute approximate surface area is 79.2 Å². The van der Waals surface area contributed by atoms with Crippen LogP contribution in [0.5, 0.6) is 0 Å². The van der Waals surface area contributed by atoms with Crippen LogP contribution >= 0.6 is 0 Å². The summed E-state index contributed by atoms with van der Waals surface area (Å²) in [5, 5.41) is 8.64. The molecule has 2 nitrogen and oxygen atoms in total. The monoisotopic (exact) mass is 198 g/mol. The van der Waals surface area contributed by atoms with Gasteiger partial charge in [-0.2, -0.15) is 0 Å². The second-order valence-corrected chi connectivity index (χ2v) is 3.46. The molecule has 1 fully saturated rings. The van der Waals surface area contributed by atoms with E-state index in [-0.39, 0.29) is 5.92 Å². The van der Waals surface area contributed by atoms with Crippen molar-refractivity contribution in [2.45, 2.75) is 12.3 Å². The molecule has 2 atom stereocenters. The molecule has 1 aliphatic rings. The average molecular weight is 198 g/mol. The van der Waals surface area contributed by atoms with Crippen LogP contribution in [0.3, 0.4) is 0 Å². The highest BCUT2D eigenvalue weighted by atomic mass is 19.2. The van der Waals surface area contributed by atoms with Crippen LogP contribution in [0.1, 0.15) is 17.9 Å². The smallest absolute Gasteiger partial charge is 0.307 e. The number of carboxylic acids is 1. The number of aliphatic carboxylic acids is 1. The van der Waals surface area contributed by atoms with Crippen molar-refractivity contribution in [3.63, 3.8) is 0 Å². The zero-order chi connectivity index (χ0) is 10.3. The fourth-order valence-electron chi connectivity index (χ4n) is 1.58. The number of carbonyl (C=O) groups is 1. The first-order chi connectivity index (χ1) is 6.59. The second-order valence-electron chi connectivity index (χ2n) is 3.46. The van der Waals surface area contributed by atoms with Crippen molar-refractivity contribution in [3.05, 3.63) is 35.4 Å². The molecule has 0 aliphatic heterocycles. The summed E-state index contributed by atoms with van der Waals surface area (Å²) in [6.45, 7) is 0. The molecule has 74 valence electrons. The van der Waals surface area contributed by atoms with E-state index >= 15 is 0 Å². The molecule has 1 aliphatic carbocycles. The summed E-state index contributed by atoms with van der Waals surface area (Å²) in [5.41, 5.74) is 0.566. The second kappa shape index (κ2) is 3.04. The summed E-state index contributed by atoms with van der Waals surface area (Å²) in [5.74, 6) is -3.28. The predicted molar refractivity (Wildman–Crippen MR) is 44.8 cm³/mol. The van der Waals surface area contributed by atoms with E-state index in [0.29, 0.717) is 12.0 Å². The average Bonchev–Trinajstić information content (AvgIpc) is 2.89. The van der Waals surface area contributed by atoms with E-state index in [1.54, 1.807) is 0 Å². The normalized spacial score (nSPS) is 24.7. The molecule has 14 heavy (non-hydrogen) atoms. The lowest BCUT2D eigenvalue weighted by Crippen LogP contribution is -1.99. The van der Waals surface area contributed by atoms with E-state index in [2.05, 4.69) is 0 Å². The molecule has 4 heteroatoms. The van der Waals surface area contributed by atoms with Crippen LogP contribution in [0.2, 0.25) is 0 Å². The quantitative estimate of drug-likeness (QED) is 0.790. The number of halogens is 2. The summed E-state index contributed by atoms with van der Waals surface area (Å²) in [4.78, 5) is 10.5. The summed E-state index contributed by atoms with van der Waals surface area (Å²) >= 11 is 0. The Morgan fingerprint density at radius 1 is 1.36 bits per heavy atom. The van der Waals surface area contributed by atoms with Crippen LogP contribution in [0, 0.1) is 17.6 Å². The van der Waals surface area contributed by atoms with Gasteiger partial charge >= 0.3 is 5.97 Å². The molecule has 1 aromatic carbocycles. The summed E-state index contributed by atoms with van der Waals surface area (Å²) < 4.78 is 25.3. The lowest BCUT2D eigenvalue weighted by Gasteiger charge is -1.99. The molecule has 0 saturated heterocycles. The highest BCUT2D eigenvalue weighted by molar-refractivity contribution is 5.75. The molecule has 2 rings (SSSR count). The number of hydrogen-bond acceptors (Lipinski definition) is 1. The third-order valence-electron chi connectivity index (χ3n) is 2.48. The lowest BCUT2D eigenvalue weighted by atomic mass is 10.1. The lowest BCUT2D eigenvalue weighted by molar-refractivity contribution is -0.138. The van der Waals surface area contributed by atoms with Crippen molar-refractivity contribution in [2.75, 3.05) is 0 Å². The van der Waals surface area contributed by atoms with Crippen molar-refractivity contribution in [2.24, 2.45) is 5.92 Å². The van der Waals surface area contributed by atoms with Gasteiger partial charge in [0.2, 0.25) is 0 Å². The van der Waals surface area contributed by atoms with E-state index in [9.17, 15) is 13.6 Å². The topological polar surface area (TPSA) is 37.3 Å². The van der Waals surface area contributed by atoms with Gasteiger partial charge in [0, 0.05) is 0 Å². The molecule has 0 heterocycles. The van der Waals surface area contributed by atoms with Gasteiger partial charge in [0.05, 0.1) is 5.92 Å². The van der Waals surface area contributed by atoms with Gasteiger partial charge in [-0.1, -0.05) is 6.07 Å². The van der Waals surface area contributed by atoms with Gasteiger partial charge in [0.1, 0.15) is 0 Å². The van der Waals surface area contributed by atoms with Crippen molar-refractivity contribution in [1.82, 2.24) is 0 Å². The maximum atomic E-state index is 12.8. The number of carboxylic acid groups (broad SMARTS) is 1. The Balaban J connectivity index is 2.20. The summed E-state index contributed by atoms with van der Waals surface area (Å²) in [7, 11) is 0. The minimum absolute atomic E-state index is 0.150. The van der Waals surface area contributed by atoms with Crippen LogP contribution in [0.15, 0.2) is 18.2 Å². The SMILES string of the molecule is O=C(O)[C@@H]1C[C@@H]1c1ccc(F)c(F)c1. The van der Waals surface area contributed by atoms with E-state index in [0.717, 1.165) is 12.1 Å². The third-order valence-corrected chi connectivity index (χ3v) is 2.48. The molecule has 1 N–H and O–H groups in total. The molecule has 0 radical (unpaired) electrons.